The topological polar surface area (TPSA) is 27.1 Å². The molecule has 0 N–H and O–H groups in total. The van der Waals surface area contributed by atoms with Crippen molar-refractivity contribution in [3.63, 3.8) is 0 Å². The fourth-order valence-corrected chi connectivity index (χ4v) is 1.79. The molecule has 0 unspecified atom stereocenters. The maximum Gasteiger partial charge on any atom is 0.139 e. The predicted molar refractivity (Wildman–Crippen MR) is 63.7 cm³/mol. The van der Waals surface area contributed by atoms with Gasteiger partial charge in [0.2, 0.25) is 0 Å². The summed E-state index contributed by atoms with van der Waals surface area (Å²) in [6, 6.07) is 6.04. The van der Waals surface area contributed by atoms with Crippen molar-refractivity contribution in [2.24, 2.45) is 0 Å². The molecule has 0 aliphatic heterocycles. The van der Waals surface area contributed by atoms with Gasteiger partial charge in [-0.15, -0.1) is 0 Å². The lowest BCUT2D eigenvalue weighted by Gasteiger charge is -2.00. The van der Waals surface area contributed by atoms with Crippen molar-refractivity contribution in [1.29, 1.82) is 0 Å². The fraction of sp³-hybridized carbons (Fsp3) is 0.364. The van der Waals surface area contributed by atoms with Crippen LogP contribution in [0, 0.1) is 0 Å². The Bertz CT molecular complexity index is 453. The number of rotatable bonds is 4. The van der Waals surface area contributed by atoms with E-state index in [0.717, 1.165) is 28.4 Å². The van der Waals surface area contributed by atoms with E-state index in [4.69, 9.17) is 4.74 Å². The Balaban J connectivity index is 2.16. The standard InChI is InChI=1S/C11H13BrN2O/c1-2-5-15-8-14-7-9-6-10(12)3-4-11(9)13-14/h3-4,6-7H,2,5,8H2,1H3. The molecular formula is C11H13BrN2O. The van der Waals surface area contributed by atoms with Gasteiger partial charge >= 0.3 is 0 Å². The van der Waals surface area contributed by atoms with Gasteiger partial charge in [-0.1, -0.05) is 22.9 Å². The molecule has 1 aromatic carbocycles. The van der Waals surface area contributed by atoms with Crippen molar-refractivity contribution in [2.45, 2.75) is 20.1 Å². The van der Waals surface area contributed by atoms with E-state index in [1.54, 1.807) is 0 Å². The number of benzene rings is 1. The molecule has 0 atom stereocenters. The van der Waals surface area contributed by atoms with Crippen molar-refractivity contribution in [1.82, 2.24) is 9.78 Å². The van der Waals surface area contributed by atoms with Crippen LogP contribution in [0.15, 0.2) is 28.9 Å². The molecule has 80 valence electrons. The van der Waals surface area contributed by atoms with Crippen LogP contribution in [0.4, 0.5) is 0 Å². The molecule has 0 aliphatic carbocycles. The molecular weight excluding hydrogens is 256 g/mol. The van der Waals surface area contributed by atoms with Gasteiger partial charge < -0.3 is 4.74 Å². The lowest BCUT2D eigenvalue weighted by molar-refractivity contribution is 0.0698. The second-order valence-electron chi connectivity index (χ2n) is 3.41. The average Bonchev–Trinajstić information content (AvgIpc) is 2.60. The Morgan fingerprint density at radius 1 is 1.47 bits per heavy atom. The van der Waals surface area contributed by atoms with Gasteiger partial charge in [-0.05, 0) is 24.6 Å². The van der Waals surface area contributed by atoms with Gasteiger partial charge in [-0.25, -0.2) is 4.68 Å². The highest BCUT2D eigenvalue weighted by Crippen LogP contribution is 2.18. The average molecular weight is 269 g/mol. The molecule has 0 amide bonds. The van der Waals surface area contributed by atoms with Crippen molar-refractivity contribution >= 4 is 26.8 Å². The van der Waals surface area contributed by atoms with E-state index in [0.29, 0.717) is 6.73 Å². The molecule has 0 fully saturated rings. The van der Waals surface area contributed by atoms with E-state index in [1.165, 1.54) is 0 Å². The molecule has 0 radical (unpaired) electrons. The van der Waals surface area contributed by atoms with E-state index in [2.05, 4.69) is 34.0 Å². The van der Waals surface area contributed by atoms with Crippen LogP contribution in [0.3, 0.4) is 0 Å². The third-order valence-corrected chi connectivity index (χ3v) is 2.58. The summed E-state index contributed by atoms with van der Waals surface area (Å²) >= 11 is 3.44. The predicted octanol–water partition coefficient (Wildman–Crippen LogP) is 3.18. The maximum absolute atomic E-state index is 5.42. The number of aromatic nitrogens is 2. The van der Waals surface area contributed by atoms with Gasteiger partial charge in [0.1, 0.15) is 6.73 Å². The third-order valence-electron chi connectivity index (χ3n) is 2.09. The van der Waals surface area contributed by atoms with E-state index < -0.39 is 0 Å². The van der Waals surface area contributed by atoms with E-state index >= 15 is 0 Å². The van der Waals surface area contributed by atoms with Crippen LogP contribution in [0.25, 0.3) is 10.9 Å². The molecule has 0 saturated heterocycles. The molecule has 2 aromatic rings. The molecule has 1 heterocycles. The number of halogens is 1. The van der Waals surface area contributed by atoms with Crippen LogP contribution in [0.2, 0.25) is 0 Å². The zero-order valence-electron chi connectivity index (χ0n) is 8.61. The number of hydrogen-bond acceptors (Lipinski definition) is 2. The quantitative estimate of drug-likeness (QED) is 0.797. The summed E-state index contributed by atoms with van der Waals surface area (Å²) in [7, 11) is 0. The van der Waals surface area contributed by atoms with Crippen molar-refractivity contribution in [3.8, 4) is 0 Å². The molecule has 4 heteroatoms. The molecule has 0 bridgehead atoms. The lowest BCUT2D eigenvalue weighted by atomic mass is 10.3. The molecule has 0 spiro atoms. The highest BCUT2D eigenvalue weighted by molar-refractivity contribution is 9.10. The van der Waals surface area contributed by atoms with E-state index in [1.807, 2.05) is 23.0 Å². The minimum Gasteiger partial charge on any atom is -0.359 e. The SMILES string of the molecule is CCCOCn1cc2cc(Br)ccc2n1. The van der Waals surface area contributed by atoms with Gasteiger partial charge in [0, 0.05) is 22.7 Å². The number of nitrogens with zero attached hydrogens (tertiary/aromatic N) is 2. The second kappa shape index (κ2) is 4.77. The first-order valence-corrected chi connectivity index (χ1v) is 5.79. The van der Waals surface area contributed by atoms with Gasteiger partial charge in [0.15, 0.2) is 0 Å². The molecule has 0 aliphatic rings. The first-order chi connectivity index (χ1) is 7.29. The zero-order valence-corrected chi connectivity index (χ0v) is 10.2. The van der Waals surface area contributed by atoms with Crippen LogP contribution in [0.5, 0.6) is 0 Å². The molecule has 1 aromatic heterocycles. The Kier molecular flexibility index (Phi) is 3.38. The first-order valence-electron chi connectivity index (χ1n) is 5.00. The smallest absolute Gasteiger partial charge is 0.139 e. The summed E-state index contributed by atoms with van der Waals surface area (Å²) in [6.07, 6.45) is 3.03. The summed E-state index contributed by atoms with van der Waals surface area (Å²) in [5, 5.41) is 5.53. The van der Waals surface area contributed by atoms with Crippen molar-refractivity contribution < 1.29 is 4.74 Å². The Morgan fingerprint density at radius 3 is 3.13 bits per heavy atom. The molecule has 2 rings (SSSR count). The zero-order chi connectivity index (χ0) is 10.7. The molecule has 3 nitrogen and oxygen atoms in total. The Hall–Kier alpha value is -0.870. The first kappa shape index (κ1) is 10.6. The van der Waals surface area contributed by atoms with Crippen LogP contribution in [-0.4, -0.2) is 16.4 Å². The number of fused-ring (bicyclic) bond motifs is 1. The Labute approximate surface area is 97.2 Å². The summed E-state index contributed by atoms with van der Waals surface area (Å²) in [4.78, 5) is 0. The van der Waals surface area contributed by atoms with Crippen LogP contribution >= 0.6 is 15.9 Å². The second-order valence-corrected chi connectivity index (χ2v) is 4.32. The highest BCUT2D eigenvalue weighted by atomic mass is 79.9. The summed E-state index contributed by atoms with van der Waals surface area (Å²) < 4.78 is 8.32. The molecule has 15 heavy (non-hydrogen) atoms. The maximum atomic E-state index is 5.42. The summed E-state index contributed by atoms with van der Waals surface area (Å²) in [6.45, 7) is 3.40. The van der Waals surface area contributed by atoms with Crippen LogP contribution < -0.4 is 0 Å². The van der Waals surface area contributed by atoms with Gasteiger partial charge in [-0.2, -0.15) is 5.10 Å². The van der Waals surface area contributed by atoms with E-state index in [9.17, 15) is 0 Å². The number of ether oxygens (including phenoxy) is 1. The largest absolute Gasteiger partial charge is 0.359 e. The monoisotopic (exact) mass is 268 g/mol. The highest BCUT2D eigenvalue weighted by Gasteiger charge is 2.00. The van der Waals surface area contributed by atoms with Gasteiger partial charge in [0.05, 0.1) is 5.52 Å². The van der Waals surface area contributed by atoms with Crippen molar-refractivity contribution in [2.75, 3.05) is 6.61 Å². The van der Waals surface area contributed by atoms with Crippen LogP contribution in [0.1, 0.15) is 13.3 Å². The van der Waals surface area contributed by atoms with E-state index in [-0.39, 0.29) is 0 Å². The number of hydrogen-bond donors (Lipinski definition) is 0. The molecule has 0 saturated carbocycles. The summed E-state index contributed by atoms with van der Waals surface area (Å²) in [5.41, 5.74) is 0.998. The normalized spacial score (nSPS) is 11.1. The fourth-order valence-electron chi connectivity index (χ4n) is 1.42. The third kappa shape index (κ3) is 2.58. The minimum absolute atomic E-state index is 0.528. The Morgan fingerprint density at radius 2 is 2.33 bits per heavy atom. The minimum atomic E-state index is 0.528. The summed E-state index contributed by atoms with van der Waals surface area (Å²) in [5.74, 6) is 0. The van der Waals surface area contributed by atoms with Crippen LogP contribution in [-0.2, 0) is 11.5 Å². The van der Waals surface area contributed by atoms with Gasteiger partial charge in [-0.3, -0.25) is 0 Å². The van der Waals surface area contributed by atoms with Gasteiger partial charge in [0.25, 0.3) is 0 Å². The van der Waals surface area contributed by atoms with Crippen molar-refractivity contribution in [3.05, 3.63) is 28.9 Å². The lowest BCUT2D eigenvalue weighted by Crippen LogP contribution is -2.03.